The van der Waals surface area contributed by atoms with Gasteiger partial charge < -0.3 is 18.9 Å². The Bertz CT molecular complexity index is 609. The van der Waals surface area contributed by atoms with Gasteiger partial charge in [-0.3, -0.25) is 9.59 Å². The maximum absolute atomic E-state index is 12.9. The van der Waals surface area contributed by atoms with Crippen molar-refractivity contribution in [1.82, 2.24) is 0 Å². The molecule has 0 N–H and O–H groups in total. The topological polar surface area (TPSA) is 71.1 Å². The van der Waals surface area contributed by atoms with E-state index in [4.69, 9.17) is 18.9 Å². The van der Waals surface area contributed by atoms with Crippen LogP contribution in [0.3, 0.4) is 0 Å². The molecule has 0 aromatic rings. The number of esters is 2. The quantitative estimate of drug-likeness (QED) is 0.0621. The highest BCUT2D eigenvalue weighted by atomic mass is 16.5. The van der Waals surface area contributed by atoms with Gasteiger partial charge in [0.15, 0.2) is 0 Å². The number of hydrogen-bond acceptors (Lipinski definition) is 6. The van der Waals surface area contributed by atoms with E-state index < -0.39 is 0 Å². The number of rotatable bonds is 26. The van der Waals surface area contributed by atoms with Crippen molar-refractivity contribution in [2.24, 2.45) is 23.7 Å². The lowest BCUT2D eigenvalue weighted by atomic mass is 9.83. The maximum Gasteiger partial charge on any atom is 0.310 e. The second-order valence-electron chi connectivity index (χ2n) is 11.7. The molecule has 0 saturated heterocycles. The summed E-state index contributed by atoms with van der Waals surface area (Å²) in [5.74, 6) is -0.889. The van der Waals surface area contributed by atoms with Crippen LogP contribution >= 0.6 is 0 Å². The Hall–Kier alpha value is -1.40. The maximum atomic E-state index is 12.9. The van der Waals surface area contributed by atoms with Crippen LogP contribution in [0.15, 0.2) is 12.2 Å². The van der Waals surface area contributed by atoms with E-state index in [1.54, 1.807) is 14.2 Å². The molecule has 1 fully saturated rings. The summed E-state index contributed by atoms with van der Waals surface area (Å²) in [5, 5.41) is 0. The van der Waals surface area contributed by atoms with Gasteiger partial charge in [0.05, 0.1) is 25.0 Å². The van der Waals surface area contributed by atoms with Crippen LogP contribution in [0.4, 0.5) is 0 Å². The van der Waals surface area contributed by atoms with E-state index in [0.717, 1.165) is 58.2 Å². The van der Waals surface area contributed by atoms with Crippen molar-refractivity contribution >= 4 is 11.9 Å². The molecule has 39 heavy (non-hydrogen) atoms. The smallest absolute Gasteiger partial charge is 0.310 e. The lowest BCUT2D eigenvalue weighted by Gasteiger charge is -2.25. The van der Waals surface area contributed by atoms with Gasteiger partial charge in [-0.15, -0.1) is 0 Å². The van der Waals surface area contributed by atoms with Crippen molar-refractivity contribution in [2.45, 2.75) is 122 Å². The molecule has 0 amide bonds. The summed E-state index contributed by atoms with van der Waals surface area (Å²) in [7, 11) is 3.52. The molecule has 226 valence electrons. The fourth-order valence-corrected chi connectivity index (χ4v) is 6.17. The number of ether oxygens (including phenoxy) is 4. The third kappa shape index (κ3) is 14.2. The Morgan fingerprint density at radius 3 is 1.08 bits per heavy atom. The minimum absolute atomic E-state index is 0.124. The van der Waals surface area contributed by atoms with Gasteiger partial charge >= 0.3 is 11.9 Å². The van der Waals surface area contributed by atoms with Crippen molar-refractivity contribution in [3.63, 3.8) is 0 Å². The zero-order valence-electron chi connectivity index (χ0n) is 25.2. The summed E-state index contributed by atoms with van der Waals surface area (Å²) in [6, 6.07) is 0. The van der Waals surface area contributed by atoms with Crippen LogP contribution < -0.4 is 0 Å². The number of hydrogen-bond donors (Lipinski definition) is 0. The minimum atomic E-state index is -0.366. The Labute approximate surface area is 238 Å². The van der Waals surface area contributed by atoms with Gasteiger partial charge in [0.25, 0.3) is 0 Å². The number of fused-ring (bicyclic) bond motifs is 2. The molecular formula is C33H58O6. The minimum Gasteiger partial charge on any atom is -0.465 e. The monoisotopic (exact) mass is 550 g/mol. The summed E-state index contributed by atoms with van der Waals surface area (Å²) in [5.41, 5.74) is 0. The first kappa shape index (κ1) is 33.8. The second kappa shape index (κ2) is 22.3. The number of methoxy groups -OCH3 is 2. The molecule has 2 aliphatic rings. The van der Waals surface area contributed by atoms with Crippen LogP contribution in [0.1, 0.15) is 122 Å². The van der Waals surface area contributed by atoms with Crippen LogP contribution in [0.2, 0.25) is 0 Å². The molecule has 0 heterocycles. The predicted molar refractivity (Wildman–Crippen MR) is 156 cm³/mol. The second-order valence-corrected chi connectivity index (χ2v) is 11.7. The van der Waals surface area contributed by atoms with Crippen molar-refractivity contribution in [2.75, 3.05) is 40.6 Å². The molecule has 0 unspecified atom stereocenters. The average molecular weight is 551 g/mol. The Morgan fingerprint density at radius 1 is 0.487 bits per heavy atom. The summed E-state index contributed by atoms with van der Waals surface area (Å²) >= 11 is 0. The molecule has 2 rings (SSSR count). The Balaban J connectivity index is 1.51. The first-order valence-corrected chi connectivity index (χ1v) is 16.2. The Morgan fingerprint density at radius 2 is 0.769 bits per heavy atom. The molecule has 0 aromatic heterocycles. The molecule has 2 bridgehead atoms. The molecule has 0 aliphatic heterocycles. The largest absolute Gasteiger partial charge is 0.465 e. The standard InChI is InChI=1S/C33H58O6/c1-36-23-17-13-9-5-3-7-11-15-19-25-38-32(34)30-28-21-22-29(27-28)31(30)33(35)39-26-20-16-12-8-4-6-10-14-18-24-37-2/h21-22,28-31H,3-20,23-27H2,1-2H3/t28-,29+,30-,31-/m1/s1. The van der Waals surface area contributed by atoms with Gasteiger partial charge in [-0.2, -0.15) is 0 Å². The summed E-state index contributed by atoms with van der Waals surface area (Å²) < 4.78 is 21.5. The average Bonchev–Trinajstić information content (AvgIpc) is 3.56. The number of unbranched alkanes of at least 4 members (excludes halogenated alkanes) is 16. The van der Waals surface area contributed by atoms with Crippen LogP contribution in [-0.4, -0.2) is 52.6 Å². The SMILES string of the molecule is COCCCCCCCCCCCOC(=O)[C@H]1[C@H](C(=O)OCCCCCCCCCCCOC)[C@H]2C=C[C@@H]1C2. The van der Waals surface area contributed by atoms with E-state index in [0.29, 0.717) is 13.2 Å². The fraction of sp³-hybridized carbons (Fsp3) is 0.879. The number of carbonyl (C=O) groups excluding carboxylic acids is 2. The van der Waals surface area contributed by atoms with Crippen molar-refractivity contribution in [3.05, 3.63) is 12.2 Å². The van der Waals surface area contributed by atoms with Gasteiger partial charge in [0.1, 0.15) is 0 Å². The lowest BCUT2D eigenvalue weighted by molar-refractivity contribution is -0.161. The van der Waals surface area contributed by atoms with Crippen molar-refractivity contribution in [3.8, 4) is 0 Å². The Kier molecular flexibility index (Phi) is 19.3. The highest BCUT2D eigenvalue weighted by Crippen LogP contribution is 2.49. The zero-order chi connectivity index (χ0) is 28.0. The highest BCUT2D eigenvalue weighted by molar-refractivity contribution is 5.84. The van der Waals surface area contributed by atoms with E-state index in [-0.39, 0.29) is 35.6 Å². The molecule has 4 atom stereocenters. The first-order valence-electron chi connectivity index (χ1n) is 16.2. The molecule has 0 spiro atoms. The normalized spacial score (nSPS) is 21.5. The van der Waals surface area contributed by atoms with Gasteiger partial charge in [0.2, 0.25) is 0 Å². The van der Waals surface area contributed by atoms with Gasteiger partial charge in [-0.25, -0.2) is 0 Å². The number of carbonyl (C=O) groups is 2. The molecular weight excluding hydrogens is 492 g/mol. The first-order chi connectivity index (χ1) is 19.2. The van der Waals surface area contributed by atoms with E-state index in [1.807, 2.05) is 0 Å². The summed E-state index contributed by atoms with van der Waals surface area (Å²) in [6.07, 6.45) is 26.5. The third-order valence-corrected chi connectivity index (χ3v) is 8.48. The summed E-state index contributed by atoms with van der Waals surface area (Å²) in [6.45, 7) is 2.66. The molecule has 6 nitrogen and oxygen atoms in total. The van der Waals surface area contributed by atoms with Crippen LogP contribution in [0.25, 0.3) is 0 Å². The predicted octanol–water partition coefficient (Wildman–Crippen LogP) is 7.83. The molecule has 1 saturated carbocycles. The van der Waals surface area contributed by atoms with Crippen molar-refractivity contribution < 1.29 is 28.5 Å². The zero-order valence-corrected chi connectivity index (χ0v) is 25.2. The van der Waals surface area contributed by atoms with E-state index >= 15 is 0 Å². The fourth-order valence-electron chi connectivity index (χ4n) is 6.17. The molecule has 2 aliphatic carbocycles. The van der Waals surface area contributed by atoms with Gasteiger partial charge in [-0.1, -0.05) is 102 Å². The van der Waals surface area contributed by atoms with E-state index in [1.165, 1.54) is 77.0 Å². The van der Waals surface area contributed by atoms with Crippen LogP contribution in [0.5, 0.6) is 0 Å². The molecule has 0 aromatic carbocycles. The lowest BCUT2D eigenvalue weighted by Crippen LogP contribution is -2.35. The molecule has 6 heteroatoms. The summed E-state index contributed by atoms with van der Waals surface area (Å²) in [4.78, 5) is 25.9. The van der Waals surface area contributed by atoms with Gasteiger partial charge in [-0.05, 0) is 43.9 Å². The van der Waals surface area contributed by atoms with Crippen molar-refractivity contribution in [1.29, 1.82) is 0 Å². The van der Waals surface area contributed by atoms with Crippen LogP contribution in [0, 0.1) is 23.7 Å². The van der Waals surface area contributed by atoms with Gasteiger partial charge in [0, 0.05) is 27.4 Å². The van der Waals surface area contributed by atoms with E-state index in [9.17, 15) is 9.59 Å². The molecule has 0 radical (unpaired) electrons. The number of allylic oxidation sites excluding steroid dienone is 2. The third-order valence-electron chi connectivity index (χ3n) is 8.48. The highest BCUT2D eigenvalue weighted by Gasteiger charge is 2.53. The van der Waals surface area contributed by atoms with Crippen LogP contribution in [-0.2, 0) is 28.5 Å². The van der Waals surface area contributed by atoms with E-state index in [2.05, 4.69) is 12.2 Å².